The third-order valence-corrected chi connectivity index (χ3v) is 4.26. The van der Waals surface area contributed by atoms with E-state index in [1.54, 1.807) is 37.8 Å². The maximum absolute atomic E-state index is 12.5. The van der Waals surface area contributed by atoms with E-state index >= 15 is 0 Å². The smallest absolute Gasteiger partial charge is 0.278 e. The van der Waals surface area contributed by atoms with Gasteiger partial charge in [0.2, 0.25) is 0 Å². The van der Waals surface area contributed by atoms with Crippen LogP contribution in [0.1, 0.15) is 16.1 Å². The zero-order valence-corrected chi connectivity index (χ0v) is 19.9. The lowest BCUT2D eigenvalue weighted by molar-refractivity contribution is 0.102. The topological polar surface area (TPSA) is 115 Å². The normalized spacial score (nSPS) is 9.66. The van der Waals surface area contributed by atoms with Gasteiger partial charge in [-0.2, -0.15) is 0 Å². The maximum atomic E-state index is 12.5. The predicted octanol–water partition coefficient (Wildman–Crippen LogP) is 3.42. The highest BCUT2D eigenvalue weighted by molar-refractivity contribution is 6.05. The Morgan fingerprint density at radius 1 is 1.06 bits per heavy atom. The molecule has 0 saturated carbocycles. The number of nitrogens with zero attached hydrogens (tertiary/aromatic N) is 3. The third kappa shape index (κ3) is 8.57. The molecule has 0 atom stereocenters. The number of halogens is 3. The van der Waals surface area contributed by atoms with Crippen molar-refractivity contribution in [1.82, 2.24) is 20.3 Å². The summed E-state index contributed by atoms with van der Waals surface area (Å²) in [5.41, 5.74) is 9.17. The molecule has 0 saturated heterocycles. The first-order valence-electron chi connectivity index (χ1n) is 9.30. The number of nitrogens with two attached hydrogens (primary N) is 1. The Kier molecular flexibility index (Phi) is 14.1. The van der Waals surface area contributed by atoms with Crippen molar-refractivity contribution >= 4 is 54.6 Å². The average molecular weight is 502 g/mol. The Morgan fingerprint density at radius 2 is 1.81 bits per heavy atom. The van der Waals surface area contributed by atoms with Crippen LogP contribution in [0.2, 0.25) is 0 Å². The van der Waals surface area contributed by atoms with Gasteiger partial charge in [0.25, 0.3) is 5.91 Å². The van der Waals surface area contributed by atoms with Crippen molar-refractivity contribution in [2.75, 3.05) is 37.9 Å². The molecule has 32 heavy (non-hydrogen) atoms. The van der Waals surface area contributed by atoms with Crippen LogP contribution in [0.5, 0.6) is 0 Å². The quantitative estimate of drug-likeness (QED) is 0.385. The molecule has 1 amide bonds. The molecule has 1 aromatic carbocycles. The van der Waals surface area contributed by atoms with Crippen LogP contribution in [0.15, 0.2) is 55.0 Å². The van der Waals surface area contributed by atoms with Gasteiger partial charge in [-0.15, -0.1) is 37.2 Å². The van der Waals surface area contributed by atoms with E-state index in [0.717, 1.165) is 25.1 Å². The largest absolute Gasteiger partial charge is 0.383 e. The Balaban J connectivity index is 0.00000320. The van der Waals surface area contributed by atoms with Crippen LogP contribution in [0.4, 0.5) is 11.5 Å². The van der Waals surface area contributed by atoms with E-state index in [-0.39, 0.29) is 48.7 Å². The number of hydrogen-bond donors (Lipinski definition) is 3. The minimum atomic E-state index is -0.427. The SMILES string of the molecule is COCCNCCc1ccc(-c2cnc(N)c(C(=O)Nc3cccnc3)n2)cc1.Cl.Cl.Cl. The molecule has 0 fully saturated rings. The van der Waals surface area contributed by atoms with Crippen molar-refractivity contribution < 1.29 is 9.53 Å². The summed E-state index contributed by atoms with van der Waals surface area (Å²) in [6.07, 6.45) is 5.66. The fourth-order valence-corrected chi connectivity index (χ4v) is 2.71. The number of ether oxygens (including phenoxy) is 1. The number of rotatable bonds is 9. The van der Waals surface area contributed by atoms with Gasteiger partial charge in [-0.3, -0.25) is 9.78 Å². The summed E-state index contributed by atoms with van der Waals surface area (Å²) < 4.78 is 5.01. The van der Waals surface area contributed by atoms with Gasteiger partial charge in [0.05, 0.1) is 30.4 Å². The number of anilines is 2. The van der Waals surface area contributed by atoms with Crippen LogP contribution in [-0.4, -0.2) is 47.7 Å². The lowest BCUT2D eigenvalue weighted by atomic mass is 10.1. The number of pyridine rings is 1. The lowest BCUT2D eigenvalue weighted by Gasteiger charge is -2.09. The molecular weight excluding hydrogens is 475 g/mol. The molecule has 0 aliphatic rings. The predicted molar refractivity (Wildman–Crippen MR) is 134 cm³/mol. The first-order chi connectivity index (χ1) is 14.2. The van der Waals surface area contributed by atoms with Gasteiger partial charge in [0.15, 0.2) is 11.5 Å². The van der Waals surface area contributed by atoms with E-state index in [0.29, 0.717) is 18.0 Å². The Labute approximate surface area is 206 Å². The number of nitrogen functional groups attached to an aromatic ring is 1. The zero-order chi connectivity index (χ0) is 20.5. The highest BCUT2D eigenvalue weighted by Crippen LogP contribution is 2.20. The van der Waals surface area contributed by atoms with Crippen molar-refractivity contribution in [3.8, 4) is 11.3 Å². The van der Waals surface area contributed by atoms with E-state index in [4.69, 9.17) is 10.5 Å². The number of amides is 1. The van der Waals surface area contributed by atoms with E-state index in [9.17, 15) is 4.79 Å². The lowest BCUT2D eigenvalue weighted by Crippen LogP contribution is -2.21. The first-order valence-corrected chi connectivity index (χ1v) is 9.30. The van der Waals surface area contributed by atoms with Crippen molar-refractivity contribution in [1.29, 1.82) is 0 Å². The molecule has 0 aliphatic heterocycles. The summed E-state index contributed by atoms with van der Waals surface area (Å²) in [4.78, 5) is 25.1. The highest BCUT2D eigenvalue weighted by Gasteiger charge is 2.15. The second-order valence-corrected chi connectivity index (χ2v) is 6.37. The summed E-state index contributed by atoms with van der Waals surface area (Å²) in [6, 6.07) is 11.5. The Morgan fingerprint density at radius 3 is 2.47 bits per heavy atom. The molecule has 0 bridgehead atoms. The number of hydrogen-bond acceptors (Lipinski definition) is 7. The summed E-state index contributed by atoms with van der Waals surface area (Å²) in [5, 5.41) is 6.04. The van der Waals surface area contributed by atoms with Crippen LogP contribution in [0.3, 0.4) is 0 Å². The van der Waals surface area contributed by atoms with E-state index in [1.165, 1.54) is 5.56 Å². The molecular formula is C21H27Cl3N6O2. The molecule has 0 spiro atoms. The minimum absolute atomic E-state index is 0. The van der Waals surface area contributed by atoms with Crippen LogP contribution in [0, 0.1) is 0 Å². The molecule has 0 unspecified atom stereocenters. The number of aromatic nitrogens is 3. The molecule has 3 rings (SSSR count). The second kappa shape index (κ2) is 15.3. The zero-order valence-electron chi connectivity index (χ0n) is 17.5. The molecule has 11 heteroatoms. The van der Waals surface area contributed by atoms with Gasteiger partial charge >= 0.3 is 0 Å². The van der Waals surface area contributed by atoms with Crippen molar-refractivity contribution in [2.24, 2.45) is 0 Å². The van der Waals surface area contributed by atoms with Gasteiger partial charge in [0, 0.05) is 25.4 Å². The molecule has 8 nitrogen and oxygen atoms in total. The van der Waals surface area contributed by atoms with Crippen LogP contribution in [-0.2, 0) is 11.2 Å². The summed E-state index contributed by atoms with van der Waals surface area (Å²) in [6.45, 7) is 2.41. The molecule has 2 aromatic heterocycles. The average Bonchev–Trinajstić information content (AvgIpc) is 2.75. The van der Waals surface area contributed by atoms with Gasteiger partial charge < -0.3 is 21.1 Å². The van der Waals surface area contributed by atoms with Crippen molar-refractivity contribution in [3.05, 3.63) is 66.2 Å². The maximum Gasteiger partial charge on any atom is 0.278 e. The fourth-order valence-electron chi connectivity index (χ4n) is 2.71. The number of carbonyl (C=O) groups is 1. The number of carbonyl (C=O) groups excluding carboxylic acids is 1. The summed E-state index contributed by atoms with van der Waals surface area (Å²) in [5.74, 6) is -0.350. The minimum Gasteiger partial charge on any atom is -0.383 e. The van der Waals surface area contributed by atoms with Gasteiger partial charge in [-0.25, -0.2) is 9.97 Å². The van der Waals surface area contributed by atoms with Crippen LogP contribution in [0.25, 0.3) is 11.3 Å². The molecule has 3 aromatic rings. The molecule has 0 aliphatic carbocycles. The molecule has 0 radical (unpaired) electrons. The summed E-state index contributed by atoms with van der Waals surface area (Å²) in [7, 11) is 1.69. The van der Waals surface area contributed by atoms with Gasteiger partial charge in [-0.05, 0) is 30.7 Å². The number of benzene rings is 1. The van der Waals surface area contributed by atoms with Crippen LogP contribution >= 0.6 is 37.2 Å². The van der Waals surface area contributed by atoms with Crippen LogP contribution < -0.4 is 16.4 Å². The first kappa shape index (κ1) is 29.5. The third-order valence-electron chi connectivity index (χ3n) is 4.26. The number of methoxy groups -OCH3 is 1. The molecule has 174 valence electrons. The van der Waals surface area contributed by atoms with Crippen molar-refractivity contribution in [2.45, 2.75) is 6.42 Å². The number of nitrogens with one attached hydrogen (secondary N) is 2. The highest BCUT2D eigenvalue weighted by atomic mass is 35.5. The van der Waals surface area contributed by atoms with E-state index in [1.807, 2.05) is 24.3 Å². The molecule has 2 heterocycles. The monoisotopic (exact) mass is 500 g/mol. The Hall–Kier alpha value is -2.49. The molecule has 4 N–H and O–H groups in total. The van der Waals surface area contributed by atoms with E-state index < -0.39 is 5.91 Å². The van der Waals surface area contributed by atoms with Gasteiger partial charge in [-0.1, -0.05) is 24.3 Å². The summed E-state index contributed by atoms with van der Waals surface area (Å²) >= 11 is 0. The second-order valence-electron chi connectivity index (χ2n) is 6.37. The van der Waals surface area contributed by atoms with E-state index in [2.05, 4.69) is 25.6 Å². The fraction of sp³-hybridized carbons (Fsp3) is 0.238. The Bertz CT molecular complexity index is 946. The van der Waals surface area contributed by atoms with Crippen molar-refractivity contribution in [3.63, 3.8) is 0 Å². The van der Waals surface area contributed by atoms with Gasteiger partial charge in [0.1, 0.15) is 0 Å². The standard InChI is InChI=1S/C21H24N6O2.3ClH/c1-29-12-11-23-10-8-15-4-6-16(7-5-15)18-14-25-20(22)19(27-18)21(28)26-17-3-2-9-24-13-17;;;/h2-7,9,13-14,23H,8,10-12H2,1H3,(H2,22,25)(H,26,28);3*1H.